The third-order valence-corrected chi connectivity index (χ3v) is 3.70. The van der Waals surface area contributed by atoms with E-state index in [9.17, 15) is 9.59 Å². The molecular weight excluding hydrogens is 280 g/mol. The maximum absolute atomic E-state index is 12.1. The van der Waals surface area contributed by atoms with Gasteiger partial charge in [-0.25, -0.2) is 4.79 Å². The van der Waals surface area contributed by atoms with E-state index in [1.807, 2.05) is 37.3 Å². The van der Waals surface area contributed by atoms with Gasteiger partial charge in [-0.2, -0.15) is 0 Å². The molecule has 2 rings (SSSR count). The van der Waals surface area contributed by atoms with Crippen LogP contribution in [0.3, 0.4) is 0 Å². The minimum absolute atomic E-state index is 0.0339. The van der Waals surface area contributed by atoms with Gasteiger partial charge in [0, 0.05) is 12.0 Å². The van der Waals surface area contributed by atoms with Gasteiger partial charge in [0.2, 0.25) is 5.91 Å². The Hall–Kier alpha value is -2.04. The summed E-state index contributed by atoms with van der Waals surface area (Å²) in [5.74, 6) is 0.00405. The molecule has 1 unspecified atom stereocenters. The van der Waals surface area contributed by atoms with E-state index in [0.29, 0.717) is 6.42 Å². The van der Waals surface area contributed by atoms with Crippen molar-refractivity contribution in [3.63, 3.8) is 0 Å². The number of ether oxygens (including phenoxy) is 1. The molecular formula is C17H24N2O3. The number of piperidine rings is 1. The van der Waals surface area contributed by atoms with Gasteiger partial charge in [0.05, 0.1) is 0 Å². The van der Waals surface area contributed by atoms with E-state index in [4.69, 9.17) is 4.74 Å². The molecule has 3 atom stereocenters. The lowest BCUT2D eigenvalue weighted by Gasteiger charge is -2.35. The average molecular weight is 304 g/mol. The molecule has 1 heterocycles. The third kappa shape index (κ3) is 4.23. The summed E-state index contributed by atoms with van der Waals surface area (Å²) < 4.78 is 5.23. The van der Waals surface area contributed by atoms with Crippen LogP contribution in [0.25, 0.3) is 0 Å². The Labute approximate surface area is 131 Å². The molecule has 1 saturated heterocycles. The van der Waals surface area contributed by atoms with E-state index in [2.05, 4.69) is 10.6 Å². The topological polar surface area (TPSA) is 67.4 Å². The number of carbonyl (C=O) groups is 2. The molecule has 1 aliphatic rings. The van der Waals surface area contributed by atoms with Crippen molar-refractivity contribution in [3.05, 3.63) is 35.9 Å². The van der Waals surface area contributed by atoms with Gasteiger partial charge >= 0.3 is 6.09 Å². The van der Waals surface area contributed by atoms with Crippen molar-refractivity contribution in [2.45, 2.75) is 57.7 Å². The smallest absolute Gasteiger partial charge is 0.408 e. The van der Waals surface area contributed by atoms with Crippen molar-refractivity contribution in [3.8, 4) is 0 Å². The van der Waals surface area contributed by atoms with Gasteiger partial charge in [-0.05, 0) is 39.7 Å². The molecule has 0 bridgehead atoms. The number of alkyl carbamates (subject to hydrolysis) is 1. The first kappa shape index (κ1) is 16.3. The maximum atomic E-state index is 12.1. The molecule has 2 N–H and O–H groups in total. The number of amides is 2. The average Bonchev–Trinajstić information content (AvgIpc) is 2.41. The van der Waals surface area contributed by atoms with E-state index < -0.39 is 17.7 Å². The van der Waals surface area contributed by atoms with Crippen LogP contribution in [0.2, 0.25) is 0 Å². The summed E-state index contributed by atoms with van der Waals surface area (Å²) >= 11 is 0. The number of nitrogens with one attached hydrogen (secondary N) is 2. The lowest BCUT2D eigenvalue weighted by atomic mass is 9.83. The van der Waals surface area contributed by atoms with E-state index in [1.54, 1.807) is 20.8 Å². The van der Waals surface area contributed by atoms with Gasteiger partial charge in [0.15, 0.2) is 0 Å². The molecule has 1 aromatic carbocycles. The van der Waals surface area contributed by atoms with Gasteiger partial charge in [0.1, 0.15) is 11.6 Å². The highest BCUT2D eigenvalue weighted by Gasteiger charge is 2.35. The molecule has 5 heteroatoms. The molecule has 0 spiro atoms. The molecule has 5 nitrogen and oxygen atoms in total. The Balaban J connectivity index is 2.06. The second kappa shape index (κ2) is 6.38. The predicted molar refractivity (Wildman–Crippen MR) is 84.6 cm³/mol. The van der Waals surface area contributed by atoms with Crippen LogP contribution in [-0.2, 0) is 9.53 Å². The van der Waals surface area contributed by atoms with Crippen LogP contribution < -0.4 is 10.6 Å². The lowest BCUT2D eigenvalue weighted by molar-refractivity contribution is -0.126. The highest BCUT2D eigenvalue weighted by atomic mass is 16.6. The van der Waals surface area contributed by atoms with E-state index in [0.717, 1.165) is 5.56 Å². The largest absolute Gasteiger partial charge is 0.444 e. The summed E-state index contributed by atoms with van der Waals surface area (Å²) in [6.45, 7) is 7.37. The molecule has 0 aliphatic carbocycles. The fourth-order valence-corrected chi connectivity index (χ4v) is 2.69. The first-order valence-electron chi connectivity index (χ1n) is 7.61. The predicted octanol–water partition coefficient (Wildman–Crippen LogP) is 2.57. The van der Waals surface area contributed by atoms with Crippen molar-refractivity contribution >= 4 is 12.0 Å². The van der Waals surface area contributed by atoms with Gasteiger partial charge in [-0.3, -0.25) is 4.79 Å². The number of carbonyl (C=O) groups excluding carboxylic acids is 2. The van der Waals surface area contributed by atoms with Crippen molar-refractivity contribution in [2.75, 3.05) is 0 Å². The summed E-state index contributed by atoms with van der Waals surface area (Å²) in [4.78, 5) is 24.0. The zero-order chi connectivity index (χ0) is 16.3. The molecule has 0 saturated carbocycles. The molecule has 0 aromatic heterocycles. The van der Waals surface area contributed by atoms with E-state index in [1.165, 1.54) is 0 Å². The molecule has 2 amide bonds. The van der Waals surface area contributed by atoms with Crippen LogP contribution >= 0.6 is 0 Å². The van der Waals surface area contributed by atoms with Crippen LogP contribution in [0.5, 0.6) is 0 Å². The first-order valence-corrected chi connectivity index (χ1v) is 7.61. The summed E-state index contributed by atoms with van der Waals surface area (Å²) in [6, 6.07) is 9.48. The third-order valence-electron chi connectivity index (χ3n) is 3.70. The fourth-order valence-electron chi connectivity index (χ4n) is 2.69. The molecule has 22 heavy (non-hydrogen) atoms. The minimum atomic E-state index is -0.582. The standard InChI is InChI=1S/C17H24N2O3/c1-11-13(12-8-6-5-7-9-12)10-14(15(20)18-11)19-16(21)22-17(2,3)4/h5-9,11,13-14H,10H2,1-4H3,(H,18,20)(H,19,21)/t11-,13-,14?/m1/s1. The fraction of sp³-hybridized carbons (Fsp3) is 0.529. The SMILES string of the molecule is C[C@H]1NC(=O)C(NC(=O)OC(C)(C)C)C[C@H]1c1ccccc1. The summed E-state index contributed by atoms with van der Waals surface area (Å²) in [5, 5.41) is 5.61. The zero-order valence-electron chi connectivity index (χ0n) is 13.6. The first-order chi connectivity index (χ1) is 10.3. The van der Waals surface area contributed by atoms with Gasteiger partial charge in [0.25, 0.3) is 0 Å². The Bertz CT molecular complexity index is 537. The highest BCUT2D eigenvalue weighted by molar-refractivity contribution is 5.86. The maximum Gasteiger partial charge on any atom is 0.408 e. The zero-order valence-corrected chi connectivity index (χ0v) is 13.6. The minimum Gasteiger partial charge on any atom is -0.444 e. The summed E-state index contributed by atoms with van der Waals surface area (Å²) in [5.41, 5.74) is 0.576. The van der Waals surface area contributed by atoms with Crippen LogP contribution in [0, 0.1) is 0 Å². The monoisotopic (exact) mass is 304 g/mol. The Morgan fingerprint density at radius 3 is 2.50 bits per heavy atom. The normalized spacial score (nSPS) is 25.3. The van der Waals surface area contributed by atoms with Gasteiger partial charge < -0.3 is 15.4 Å². The number of hydrogen-bond acceptors (Lipinski definition) is 3. The highest BCUT2D eigenvalue weighted by Crippen LogP contribution is 2.28. The Morgan fingerprint density at radius 1 is 1.27 bits per heavy atom. The lowest BCUT2D eigenvalue weighted by Crippen LogP contribution is -2.56. The Kier molecular flexibility index (Phi) is 4.74. The van der Waals surface area contributed by atoms with Crippen LogP contribution in [0.4, 0.5) is 4.79 Å². The number of benzene rings is 1. The second-order valence-electron chi connectivity index (χ2n) is 6.75. The molecule has 1 aromatic rings. The van der Waals surface area contributed by atoms with Crippen molar-refractivity contribution in [2.24, 2.45) is 0 Å². The molecule has 120 valence electrons. The van der Waals surface area contributed by atoms with Crippen LogP contribution in [0.15, 0.2) is 30.3 Å². The summed E-state index contributed by atoms with van der Waals surface area (Å²) in [6.07, 6.45) is 0.00463. The molecule has 1 aliphatic heterocycles. The van der Waals surface area contributed by atoms with Crippen molar-refractivity contribution in [1.82, 2.24) is 10.6 Å². The van der Waals surface area contributed by atoms with Gasteiger partial charge in [-0.1, -0.05) is 30.3 Å². The van der Waals surface area contributed by atoms with E-state index >= 15 is 0 Å². The number of hydrogen-bond donors (Lipinski definition) is 2. The Morgan fingerprint density at radius 2 is 1.91 bits per heavy atom. The molecule has 1 fully saturated rings. The molecule has 0 radical (unpaired) electrons. The van der Waals surface area contributed by atoms with Crippen LogP contribution in [-0.4, -0.2) is 29.7 Å². The number of rotatable bonds is 2. The second-order valence-corrected chi connectivity index (χ2v) is 6.75. The van der Waals surface area contributed by atoms with Gasteiger partial charge in [-0.15, -0.1) is 0 Å². The van der Waals surface area contributed by atoms with Crippen molar-refractivity contribution in [1.29, 1.82) is 0 Å². The van der Waals surface area contributed by atoms with E-state index in [-0.39, 0.29) is 17.9 Å². The summed E-state index contributed by atoms with van der Waals surface area (Å²) in [7, 11) is 0. The quantitative estimate of drug-likeness (QED) is 0.882. The van der Waals surface area contributed by atoms with Crippen LogP contribution in [0.1, 0.15) is 45.6 Å². The van der Waals surface area contributed by atoms with Crippen molar-refractivity contribution < 1.29 is 14.3 Å².